The lowest BCUT2D eigenvalue weighted by Crippen LogP contribution is -1.83. The van der Waals surface area contributed by atoms with Gasteiger partial charge >= 0.3 is 0 Å². The van der Waals surface area contributed by atoms with Crippen LogP contribution in [-0.4, -0.2) is 11.3 Å². The summed E-state index contributed by atoms with van der Waals surface area (Å²) in [7, 11) is 0. The van der Waals surface area contributed by atoms with Crippen LogP contribution in [0.1, 0.15) is 10.5 Å². The summed E-state index contributed by atoms with van der Waals surface area (Å²) in [5, 5.41) is 0.572. The van der Waals surface area contributed by atoms with Gasteiger partial charge in [0.25, 0.3) is 0 Å². The van der Waals surface area contributed by atoms with Crippen molar-refractivity contribution >= 4 is 17.9 Å². The first-order valence-corrected chi connectivity index (χ1v) is 5.91. The van der Waals surface area contributed by atoms with Crippen LogP contribution >= 0.6 is 11.6 Å². The number of aldehydes is 1. The molecule has 94 valence electrons. The van der Waals surface area contributed by atoms with Gasteiger partial charge in [0.1, 0.15) is 0 Å². The summed E-state index contributed by atoms with van der Waals surface area (Å²) in [6, 6.07) is 10.5. The Bertz CT molecular complexity index is 716. The molecule has 0 aliphatic heterocycles. The standard InChI is InChI=1S/C14H8ClNO3/c15-10-4-1-3-9(7-10)14-16-11(8-17)13(19-14)12-5-2-6-18-12/h1-8H. The quantitative estimate of drug-likeness (QED) is 0.675. The highest BCUT2D eigenvalue weighted by atomic mass is 35.5. The Kier molecular flexibility index (Phi) is 2.93. The van der Waals surface area contributed by atoms with E-state index in [1.54, 1.807) is 36.4 Å². The summed E-state index contributed by atoms with van der Waals surface area (Å²) in [6.45, 7) is 0. The molecule has 0 radical (unpaired) electrons. The van der Waals surface area contributed by atoms with Gasteiger partial charge in [0, 0.05) is 10.6 Å². The van der Waals surface area contributed by atoms with Crippen molar-refractivity contribution in [3.8, 4) is 23.0 Å². The number of halogens is 1. The Balaban J connectivity index is 2.12. The fraction of sp³-hybridized carbons (Fsp3) is 0. The van der Waals surface area contributed by atoms with E-state index in [4.69, 9.17) is 20.4 Å². The van der Waals surface area contributed by atoms with Crippen molar-refractivity contribution < 1.29 is 13.6 Å². The molecule has 5 heteroatoms. The van der Waals surface area contributed by atoms with E-state index in [1.807, 2.05) is 0 Å². The molecule has 0 fully saturated rings. The van der Waals surface area contributed by atoms with E-state index in [0.29, 0.717) is 34.3 Å². The maximum absolute atomic E-state index is 11.0. The van der Waals surface area contributed by atoms with Gasteiger partial charge in [-0.3, -0.25) is 4.79 Å². The lowest BCUT2D eigenvalue weighted by Gasteiger charge is -1.95. The summed E-state index contributed by atoms with van der Waals surface area (Å²) < 4.78 is 10.8. The Morgan fingerprint density at radius 1 is 1.21 bits per heavy atom. The fourth-order valence-corrected chi connectivity index (χ4v) is 1.93. The van der Waals surface area contributed by atoms with Crippen molar-refractivity contribution in [3.05, 3.63) is 53.4 Å². The van der Waals surface area contributed by atoms with Gasteiger partial charge in [-0.25, -0.2) is 4.98 Å². The molecule has 4 nitrogen and oxygen atoms in total. The number of carbonyl (C=O) groups is 1. The molecule has 0 atom stereocenters. The fourth-order valence-electron chi connectivity index (χ4n) is 1.74. The normalized spacial score (nSPS) is 10.6. The molecule has 0 amide bonds. The average molecular weight is 274 g/mol. The highest BCUT2D eigenvalue weighted by Gasteiger charge is 2.17. The van der Waals surface area contributed by atoms with Crippen LogP contribution in [0, 0.1) is 0 Å². The number of hydrogen-bond acceptors (Lipinski definition) is 4. The largest absolute Gasteiger partial charge is 0.461 e. The maximum Gasteiger partial charge on any atom is 0.227 e. The zero-order chi connectivity index (χ0) is 13.2. The van der Waals surface area contributed by atoms with Crippen LogP contribution in [0.15, 0.2) is 51.5 Å². The van der Waals surface area contributed by atoms with Gasteiger partial charge in [0.15, 0.2) is 17.7 Å². The van der Waals surface area contributed by atoms with E-state index in [9.17, 15) is 4.79 Å². The number of aromatic nitrogens is 1. The van der Waals surface area contributed by atoms with Crippen LogP contribution in [-0.2, 0) is 0 Å². The SMILES string of the molecule is O=Cc1nc(-c2cccc(Cl)c2)oc1-c1ccco1. The van der Waals surface area contributed by atoms with Crippen LogP contribution < -0.4 is 0 Å². The molecule has 0 unspecified atom stereocenters. The van der Waals surface area contributed by atoms with Crippen molar-refractivity contribution in [3.63, 3.8) is 0 Å². The number of nitrogens with zero attached hydrogens (tertiary/aromatic N) is 1. The van der Waals surface area contributed by atoms with Crippen LogP contribution in [0.4, 0.5) is 0 Å². The van der Waals surface area contributed by atoms with Gasteiger partial charge in [0.05, 0.1) is 6.26 Å². The van der Waals surface area contributed by atoms with Crippen LogP contribution in [0.25, 0.3) is 23.0 Å². The van der Waals surface area contributed by atoms with E-state index in [-0.39, 0.29) is 5.69 Å². The van der Waals surface area contributed by atoms with Crippen molar-refractivity contribution in [1.82, 2.24) is 4.98 Å². The lowest BCUT2D eigenvalue weighted by atomic mass is 10.2. The van der Waals surface area contributed by atoms with Crippen molar-refractivity contribution in [2.45, 2.75) is 0 Å². The summed E-state index contributed by atoms with van der Waals surface area (Å²) >= 11 is 5.92. The second-order valence-corrected chi connectivity index (χ2v) is 4.28. The number of rotatable bonds is 3. The summed E-state index contributed by atoms with van der Waals surface area (Å²) in [5.41, 5.74) is 0.901. The van der Waals surface area contributed by atoms with E-state index < -0.39 is 0 Å². The molecule has 0 bridgehead atoms. The highest BCUT2D eigenvalue weighted by molar-refractivity contribution is 6.30. The van der Waals surface area contributed by atoms with E-state index >= 15 is 0 Å². The van der Waals surface area contributed by atoms with Gasteiger partial charge in [-0.2, -0.15) is 0 Å². The minimum absolute atomic E-state index is 0.199. The number of hydrogen-bond donors (Lipinski definition) is 0. The Labute approximate surface area is 113 Å². The molecule has 0 saturated heterocycles. The third kappa shape index (κ3) is 2.18. The average Bonchev–Trinajstić information content (AvgIpc) is 3.07. The predicted octanol–water partition coefficient (Wildman–Crippen LogP) is 4.07. The molecule has 0 saturated carbocycles. The minimum Gasteiger partial charge on any atom is -0.461 e. The van der Waals surface area contributed by atoms with Gasteiger partial charge in [-0.15, -0.1) is 0 Å². The minimum atomic E-state index is 0.199. The first kappa shape index (κ1) is 11.7. The van der Waals surface area contributed by atoms with Crippen molar-refractivity contribution in [2.24, 2.45) is 0 Å². The molecule has 0 aliphatic rings. The molecule has 2 heterocycles. The number of furan rings is 1. The van der Waals surface area contributed by atoms with Crippen LogP contribution in [0.2, 0.25) is 5.02 Å². The first-order valence-electron chi connectivity index (χ1n) is 5.54. The van der Waals surface area contributed by atoms with Crippen molar-refractivity contribution in [1.29, 1.82) is 0 Å². The summed E-state index contributed by atoms with van der Waals surface area (Å²) in [4.78, 5) is 15.2. The molecule has 0 N–H and O–H groups in total. The molecule has 0 aliphatic carbocycles. The molecule has 0 spiro atoms. The third-order valence-electron chi connectivity index (χ3n) is 2.58. The van der Waals surface area contributed by atoms with Crippen molar-refractivity contribution in [2.75, 3.05) is 0 Å². The van der Waals surface area contributed by atoms with Gasteiger partial charge in [0.2, 0.25) is 11.7 Å². The smallest absolute Gasteiger partial charge is 0.227 e. The molecular formula is C14H8ClNO3. The van der Waals surface area contributed by atoms with Gasteiger partial charge in [-0.05, 0) is 30.3 Å². The second-order valence-electron chi connectivity index (χ2n) is 3.84. The Morgan fingerprint density at radius 3 is 2.79 bits per heavy atom. The van der Waals surface area contributed by atoms with Gasteiger partial charge < -0.3 is 8.83 Å². The highest BCUT2D eigenvalue weighted by Crippen LogP contribution is 2.30. The molecule has 3 rings (SSSR count). The zero-order valence-electron chi connectivity index (χ0n) is 9.67. The third-order valence-corrected chi connectivity index (χ3v) is 2.82. The monoisotopic (exact) mass is 273 g/mol. The Morgan fingerprint density at radius 2 is 2.11 bits per heavy atom. The van der Waals surface area contributed by atoms with E-state index in [1.165, 1.54) is 6.26 Å². The van der Waals surface area contributed by atoms with E-state index in [2.05, 4.69) is 4.98 Å². The Hall–Kier alpha value is -2.33. The molecule has 19 heavy (non-hydrogen) atoms. The molecule has 2 aromatic heterocycles. The van der Waals surface area contributed by atoms with Crippen LogP contribution in [0.3, 0.4) is 0 Å². The lowest BCUT2D eigenvalue weighted by molar-refractivity contribution is 0.111. The summed E-state index contributed by atoms with van der Waals surface area (Å²) in [5.74, 6) is 1.11. The summed E-state index contributed by atoms with van der Waals surface area (Å²) in [6.07, 6.45) is 2.14. The number of carbonyl (C=O) groups excluding carboxylic acids is 1. The molecular weight excluding hydrogens is 266 g/mol. The molecule has 3 aromatic rings. The molecule has 1 aromatic carbocycles. The van der Waals surface area contributed by atoms with E-state index in [0.717, 1.165) is 0 Å². The predicted molar refractivity (Wildman–Crippen MR) is 70.0 cm³/mol. The van der Waals surface area contributed by atoms with Crippen LogP contribution in [0.5, 0.6) is 0 Å². The topological polar surface area (TPSA) is 56.2 Å². The second kappa shape index (κ2) is 4.74. The maximum atomic E-state index is 11.0. The number of benzene rings is 1. The number of oxazole rings is 1. The zero-order valence-corrected chi connectivity index (χ0v) is 10.4. The van der Waals surface area contributed by atoms with Gasteiger partial charge in [-0.1, -0.05) is 17.7 Å². The first-order chi connectivity index (χ1) is 9.28.